The fourth-order valence-electron chi connectivity index (χ4n) is 4.50. The van der Waals surface area contributed by atoms with E-state index in [9.17, 15) is 5.11 Å². The zero-order chi connectivity index (χ0) is 15.3. The van der Waals surface area contributed by atoms with E-state index in [2.05, 4.69) is 49.2 Å². The smallest absolute Gasteiger partial charge is 0.115 e. The number of benzene rings is 2. The van der Waals surface area contributed by atoms with Crippen LogP contribution in [0.15, 0.2) is 42.5 Å². The first-order valence-corrected chi connectivity index (χ1v) is 8.21. The Kier molecular flexibility index (Phi) is 3.23. The van der Waals surface area contributed by atoms with Gasteiger partial charge < -0.3 is 10.0 Å². The van der Waals surface area contributed by atoms with E-state index >= 15 is 0 Å². The summed E-state index contributed by atoms with van der Waals surface area (Å²) in [6.07, 6.45) is 1.25. The lowest BCUT2D eigenvalue weighted by Gasteiger charge is -2.35. The molecule has 1 N–H and O–H groups in total. The van der Waals surface area contributed by atoms with Crippen LogP contribution in [0.3, 0.4) is 0 Å². The molecule has 2 aliphatic rings. The standard InChI is InChI=1S/C20H23NO/c1-13-3-8-16-18(11-13)20(14-4-6-15(22)7-5-14)17-9-10-21(2)12-19(16)17/h3-8,11,17,19-20,22H,9-10,12H2,1-2H3/t17-,19-,20+/m1/s1. The SMILES string of the molecule is Cc1ccc2c(c1)[C@@H](c1ccc(O)cc1)[C@@H]1CCN(C)C[C@H]21. The normalized spacial score (nSPS) is 27.5. The molecular weight excluding hydrogens is 270 g/mol. The number of likely N-dealkylation sites (N-methyl/N-ethyl adjacent to an activating group) is 1. The van der Waals surface area contributed by atoms with Crippen molar-refractivity contribution >= 4 is 0 Å². The van der Waals surface area contributed by atoms with Crippen LogP contribution in [0, 0.1) is 12.8 Å². The highest BCUT2D eigenvalue weighted by molar-refractivity contribution is 5.49. The Labute approximate surface area is 132 Å². The van der Waals surface area contributed by atoms with Gasteiger partial charge in [-0.05, 0) is 61.7 Å². The molecule has 2 aromatic rings. The number of aromatic hydroxyl groups is 1. The first kappa shape index (κ1) is 13.8. The highest BCUT2D eigenvalue weighted by Crippen LogP contribution is 2.53. The maximum Gasteiger partial charge on any atom is 0.115 e. The van der Waals surface area contributed by atoms with Crippen LogP contribution in [-0.2, 0) is 0 Å². The molecule has 3 atom stereocenters. The lowest BCUT2D eigenvalue weighted by Crippen LogP contribution is -2.36. The van der Waals surface area contributed by atoms with Crippen molar-refractivity contribution in [2.75, 3.05) is 20.1 Å². The Morgan fingerprint density at radius 3 is 2.59 bits per heavy atom. The quantitative estimate of drug-likeness (QED) is 0.862. The second kappa shape index (κ2) is 5.13. The average Bonchev–Trinajstić information content (AvgIpc) is 2.81. The van der Waals surface area contributed by atoms with Gasteiger partial charge in [0.1, 0.15) is 5.75 Å². The van der Waals surface area contributed by atoms with Crippen LogP contribution in [0.25, 0.3) is 0 Å². The predicted octanol–water partition coefficient (Wildman–Crippen LogP) is 3.88. The van der Waals surface area contributed by atoms with E-state index in [0.29, 0.717) is 23.5 Å². The van der Waals surface area contributed by atoms with Gasteiger partial charge in [-0.2, -0.15) is 0 Å². The van der Waals surface area contributed by atoms with Gasteiger partial charge in [0, 0.05) is 18.4 Å². The fraction of sp³-hybridized carbons (Fsp3) is 0.400. The molecule has 1 aliphatic heterocycles. The van der Waals surface area contributed by atoms with Gasteiger partial charge >= 0.3 is 0 Å². The van der Waals surface area contributed by atoms with Crippen LogP contribution in [0.5, 0.6) is 5.75 Å². The third-order valence-electron chi connectivity index (χ3n) is 5.53. The molecule has 0 amide bonds. The topological polar surface area (TPSA) is 23.5 Å². The molecule has 1 heterocycles. The summed E-state index contributed by atoms with van der Waals surface area (Å²) in [5.74, 6) is 2.17. The molecule has 2 aromatic carbocycles. The second-order valence-corrected chi connectivity index (χ2v) is 7.02. The molecule has 114 valence electrons. The van der Waals surface area contributed by atoms with Gasteiger partial charge in [-0.25, -0.2) is 0 Å². The van der Waals surface area contributed by atoms with Crippen LogP contribution in [0.1, 0.15) is 40.5 Å². The fourth-order valence-corrected chi connectivity index (χ4v) is 4.50. The molecule has 2 heteroatoms. The van der Waals surface area contributed by atoms with Crippen LogP contribution in [-0.4, -0.2) is 30.1 Å². The third-order valence-corrected chi connectivity index (χ3v) is 5.53. The second-order valence-electron chi connectivity index (χ2n) is 7.02. The highest BCUT2D eigenvalue weighted by Gasteiger charge is 2.43. The number of hydrogen-bond donors (Lipinski definition) is 1. The van der Waals surface area contributed by atoms with Crippen LogP contribution in [0.4, 0.5) is 0 Å². The molecule has 1 saturated heterocycles. The molecule has 4 rings (SSSR count). The molecule has 0 saturated carbocycles. The molecule has 2 nitrogen and oxygen atoms in total. The van der Waals surface area contributed by atoms with Crippen molar-refractivity contribution in [3.8, 4) is 5.75 Å². The van der Waals surface area contributed by atoms with Gasteiger partial charge in [-0.1, -0.05) is 35.9 Å². The molecule has 0 radical (unpaired) electrons. The number of phenolic OH excluding ortho intramolecular Hbond substituents is 1. The third kappa shape index (κ3) is 2.14. The summed E-state index contributed by atoms with van der Waals surface area (Å²) in [5.41, 5.74) is 5.74. The molecule has 0 unspecified atom stereocenters. The van der Waals surface area contributed by atoms with Gasteiger partial charge in [0.25, 0.3) is 0 Å². The Hall–Kier alpha value is -1.80. The molecule has 1 aliphatic carbocycles. The lowest BCUT2D eigenvalue weighted by molar-refractivity contribution is 0.191. The van der Waals surface area contributed by atoms with Crippen molar-refractivity contribution in [3.63, 3.8) is 0 Å². The van der Waals surface area contributed by atoms with E-state index in [0.717, 1.165) is 6.54 Å². The summed E-state index contributed by atoms with van der Waals surface area (Å²) in [7, 11) is 2.23. The van der Waals surface area contributed by atoms with Gasteiger partial charge in [-0.3, -0.25) is 0 Å². The Balaban J connectivity index is 1.83. The first-order chi connectivity index (χ1) is 10.6. The molecule has 0 aromatic heterocycles. The summed E-state index contributed by atoms with van der Waals surface area (Å²) in [4.78, 5) is 2.46. The summed E-state index contributed by atoms with van der Waals surface area (Å²) < 4.78 is 0. The van der Waals surface area contributed by atoms with Crippen molar-refractivity contribution in [1.82, 2.24) is 4.90 Å². The Morgan fingerprint density at radius 1 is 1.05 bits per heavy atom. The number of fused-ring (bicyclic) bond motifs is 3. The maximum absolute atomic E-state index is 9.60. The maximum atomic E-state index is 9.60. The van der Waals surface area contributed by atoms with Crippen molar-refractivity contribution in [3.05, 3.63) is 64.7 Å². The molecule has 1 fully saturated rings. The Bertz CT molecular complexity index is 691. The van der Waals surface area contributed by atoms with E-state index in [1.165, 1.54) is 29.7 Å². The predicted molar refractivity (Wildman–Crippen MR) is 89.5 cm³/mol. The van der Waals surface area contributed by atoms with Crippen LogP contribution >= 0.6 is 0 Å². The van der Waals surface area contributed by atoms with E-state index in [-0.39, 0.29) is 0 Å². The van der Waals surface area contributed by atoms with E-state index in [1.54, 1.807) is 5.56 Å². The van der Waals surface area contributed by atoms with Gasteiger partial charge in [0.15, 0.2) is 0 Å². The van der Waals surface area contributed by atoms with Crippen LogP contribution in [0.2, 0.25) is 0 Å². The van der Waals surface area contributed by atoms with Crippen LogP contribution < -0.4 is 0 Å². The number of likely N-dealkylation sites (tertiary alicyclic amines) is 1. The van der Waals surface area contributed by atoms with Gasteiger partial charge in [-0.15, -0.1) is 0 Å². The minimum Gasteiger partial charge on any atom is -0.508 e. The number of phenols is 1. The Morgan fingerprint density at radius 2 is 1.82 bits per heavy atom. The van der Waals surface area contributed by atoms with Crippen molar-refractivity contribution in [1.29, 1.82) is 0 Å². The highest BCUT2D eigenvalue weighted by atomic mass is 16.3. The summed E-state index contributed by atoms with van der Waals surface area (Å²) >= 11 is 0. The van der Waals surface area contributed by atoms with Gasteiger partial charge in [0.05, 0.1) is 0 Å². The van der Waals surface area contributed by atoms with E-state index in [1.807, 2.05) is 12.1 Å². The molecule has 0 spiro atoms. The minimum atomic E-state index is 0.353. The number of piperidine rings is 1. The largest absolute Gasteiger partial charge is 0.508 e. The molecular formula is C20H23NO. The number of rotatable bonds is 1. The monoisotopic (exact) mass is 293 g/mol. The number of hydrogen-bond acceptors (Lipinski definition) is 2. The summed E-state index contributed by atoms with van der Waals surface area (Å²) in [5, 5.41) is 9.60. The van der Waals surface area contributed by atoms with E-state index < -0.39 is 0 Å². The lowest BCUT2D eigenvalue weighted by atomic mass is 9.78. The van der Waals surface area contributed by atoms with Crippen molar-refractivity contribution < 1.29 is 5.11 Å². The summed E-state index contributed by atoms with van der Waals surface area (Å²) in [6, 6.07) is 14.8. The average molecular weight is 293 g/mol. The first-order valence-electron chi connectivity index (χ1n) is 8.21. The van der Waals surface area contributed by atoms with Gasteiger partial charge in [0.2, 0.25) is 0 Å². The van der Waals surface area contributed by atoms with Crippen molar-refractivity contribution in [2.45, 2.75) is 25.2 Å². The zero-order valence-corrected chi connectivity index (χ0v) is 13.3. The van der Waals surface area contributed by atoms with E-state index in [4.69, 9.17) is 0 Å². The number of nitrogens with zero attached hydrogens (tertiary/aromatic N) is 1. The molecule has 22 heavy (non-hydrogen) atoms. The molecule has 0 bridgehead atoms. The summed E-state index contributed by atoms with van der Waals surface area (Å²) in [6.45, 7) is 4.53. The minimum absolute atomic E-state index is 0.353. The number of aryl methyl sites for hydroxylation is 1. The zero-order valence-electron chi connectivity index (χ0n) is 13.3. The van der Waals surface area contributed by atoms with Crippen molar-refractivity contribution in [2.24, 2.45) is 5.92 Å².